The third kappa shape index (κ3) is 3.58. The van der Waals surface area contributed by atoms with Crippen molar-refractivity contribution in [1.29, 1.82) is 0 Å². The van der Waals surface area contributed by atoms with E-state index in [0.29, 0.717) is 28.7 Å². The van der Waals surface area contributed by atoms with Gasteiger partial charge in [-0.15, -0.1) is 0 Å². The monoisotopic (exact) mass is 299 g/mol. The molecule has 1 N–H and O–H groups in total. The van der Waals surface area contributed by atoms with Crippen LogP contribution in [-0.2, 0) is 0 Å². The summed E-state index contributed by atoms with van der Waals surface area (Å²) in [5, 5.41) is 2.86. The molecule has 4 nitrogen and oxygen atoms in total. The van der Waals surface area contributed by atoms with Crippen LogP contribution < -0.4 is 14.8 Å². The van der Waals surface area contributed by atoms with Gasteiger partial charge in [-0.1, -0.05) is 26.0 Å². The smallest absolute Gasteiger partial charge is 0.255 e. The van der Waals surface area contributed by atoms with E-state index in [-0.39, 0.29) is 5.91 Å². The van der Waals surface area contributed by atoms with Gasteiger partial charge in [0.1, 0.15) is 11.5 Å². The maximum absolute atomic E-state index is 12.4. The lowest BCUT2D eigenvalue weighted by Crippen LogP contribution is -2.12. The average Bonchev–Trinajstić information content (AvgIpc) is 2.54. The van der Waals surface area contributed by atoms with E-state index in [2.05, 4.69) is 19.2 Å². The molecule has 0 heterocycles. The first-order valence-electron chi connectivity index (χ1n) is 7.18. The quantitative estimate of drug-likeness (QED) is 0.905. The van der Waals surface area contributed by atoms with Crippen molar-refractivity contribution in [2.24, 2.45) is 0 Å². The standard InChI is InChI=1S/C18H21NO3/c1-12(2)13-5-7-14(8-6-13)18(20)19-16-11-15(21-3)9-10-17(16)22-4/h5-12H,1-4H3,(H,19,20). The van der Waals surface area contributed by atoms with E-state index in [0.717, 1.165) is 0 Å². The third-order valence-electron chi connectivity index (χ3n) is 3.49. The molecule has 2 aromatic carbocycles. The highest BCUT2D eigenvalue weighted by Crippen LogP contribution is 2.29. The second-order valence-electron chi connectivity index (χ2n) is 5.30. The Morgan fingerprint density at radius 2 is 1.68 bits per heavy atom. The molecule has 2 aromatic rings. The Morgan fingerprint density at radius 1 is 1.00 bits per heavy atom. The van der Waals surface area contributed by atoms with Crippen LogP contribution in [0.3, 0.4) is 0 Å². The second-order valence-corrected chi connectivity index (χ2v) is 5.30. The molecule has 1 amide bonds. The lowest BCUT2D eigenvalue weighted by atomic mass is 10.0. The number of carbonyl (C=O) groups is 1. The molecule has 0 unspecified atom stereocenters. The molecule has 0 fully saturated rings. The highest BCUT2D eigenvalue weighted by molar-refractivity contribution is 6.05. The van der Waals surface area contributed by atoms with E-state index in [1.54, 1.807) is 32.4 Å². The van der Waals surface area contributed by atoms with E-state index in [4.69, 9.17) is 9.47 Å². The van der Waals surface area contributed by atoms with Crippen molar-refractivity contribution in [2.75, 3.05) is 19.5 Å². The van der Waals surface area contributed by atoms with Gasteiger partial charge < -0.3 is 14.8 Å². The molecule has 0 spiro atoms. The molecule has 22 heavy (non-hydrogen) atoms. The molecule has 0 radical (unpaired) electrons. The molecule has 0 aliphatic heterocycles. The summed E-state index contributed by atoms with van der Waals surface area (Å²) >= 11 is 0. The number of carbonyl (C=O) groups excluding carboxylic acids is 1. The molecule has 0 aliphatic carbocycles. The molecular weight excluding hydrogens is 278 g/mol. The summed E-state index contributed by atoms with van der Waals surface area (Å²) in [5.74, 6) is 1.51. The summed E-state index contributed by atoms with van der Waals surface area (Å²) in [6.07, 6.45) is 0. The number of hydrogen-bond donors (Lipinski definition) is 1. The first-order chi connectivity index (χ1) is 10.5. The molecule has 0 bridgehead atoms. The van der Waals surface area contributed by atoms with Gasteiger partial charge in [0, 0.05) is 11.6 Å². The fourth-order valence-corrected chi connectivity index (χ4v) is 2.13. The van der Waals surface area contributed by atoms with Crippen LogP contribution in [0.1, 0.15) is 35.7 Å². The van der Waals surface area contributed by atoms with E-state index < -0.39 is 0 Å². The van der Waals surface area contributed by atoms with Crippen molar-refractivity contribution in [3.05, 3.63) is 53.6 Å². The van der Waals surface area contributed by atoms with Gasteiger partial charge in [-0.25, -0.2) is 0 Å². The summed E-state index contributed by atoms with van der Waals surface area (Å²) in [4.78, 5) is 12.4. The number of rotatable bonds is 5. The first-order valence-corrected chi connectivity index (χ1v) is 7.18. The maximum Gasteiger partial charge on any atom is 0.255 e. The van der Waals surface area contributed by atoms with Crippen molar-refractivity contribution < 1.29 is 14.3 Å². The molecule has 4 heteroatoms. The summed E-state index contributed by atoms with van der Waals surface area (Å²) in [6, 6.07) is 12.9. The minimum absolute atomic E-state index is 0.179. The highest BCUT2D eigenvalue weighted by Gasteiger charge is 2.11. The van der Waals surface area contributed by atoms with Crippen LogP contribution in [-0.4, -0.2) is 20.1 Å². The van der Waals surface area contributed by atoms with Gasteiger partial charge in [0.05, 0.1) is 19.9 Å². The summed E-state index contributed by atoms with van der Waals surface area (Å²) < 4.78 is 10.4. The normalized spacial score (nSPS) is 10.4. The Hall–Kier alpha value is -2.49. The van der Waals surface area contributed by atoms with Crippen molar-refractivity contribution >= 4 is 11.6 Å². The summed E-state index contributed by atoms with van der Waals surface area (Å²) in [5.41, 5.74) is 2.39. The van der Waals surface area contributed by atoms with E-state index in [9.17, 15) is 4.79 Å². The van der Waals surface area contributed by atoms with Crippen molar-refractivity contribution in [3.8, 4) is 11.5 Å². The Balaban J connectivity index is 2.21. The van der Waals surface area contributed by atoms with E-state index in [1.165, 1.54) is 5.56 Å². The third-order valence-corrected chi connectivity index (χ3v) is 3.49. The largest absolute Gasteiger partial charge is 0.497 e. The molecule has 0 saturated carbocycles. The van der Waals surface area contributed by atoms with Crippen LogP contribution in [0.5, 0.6) is 11.5 Å². The van der Waals surface area contributed by atoms with Crippen LogP contribution >= 0.6 is 0 Å². The van der Waals surface area contributed by atoms with Crippen LogP contribution in [0, 0.1) is 0 Å². The molecule has 0 aromatic heterocycles. The van der Waals surface area contributed by atoms with Crippen LogP contribution in [0.4, 0.5) is 5.69 Å². The Bertz CT molecular complexity index is 648. The van der Waals surface area contributed by atoms with E-state index >= 15 is 0 Å². The Kier molecular flexibility index (Phi) is 5.04. The lowest BCUT2D eigenvalue weighted by molar-refractivity contribution is 0.102. The zero-order valence-electron chi connectivity index (χ0n) is 13.3. The van der Waals surface area contributed by atoms with Crippen LogP contribution in [0.15, 0.2) is 42.5 Å². The van der Waals surface area contributed by atoms with Gasteiger partial charge in [0.25, 0.3) is 5.91 Å². The molecule has 0 aliphatic rings. The van der Waals surface area contributed by atoms with Gasteiger partial charge in [-0.2, -0.15) is 0 Å². The number of anilines is 1. The van der Waals surface area contributed by atoms with Crippen molar-refractivity contribution in [2.45, 2.75) is 19.8 Å². The fourth-order valence-electron chi connectivity index (χ4n) is 2.13. The van der Waals surface area contributed by atoms with Gasteiger partial charge >= 0.3 is 0 Å². The minimum Gasteiger partial charge on any atom is -0.497 e. The molecule has 2 rings (SSSR count). The van der Waals surface area contributed by atoms with E-state index in [1.807, 2.05) is 24.3 Å². The van der Waals surface area contributed by atoms with Crippen LogP contribution in [0.25, 0.3) is 0 Å². The number of ether oxygens (including phenoxy) is 2. The van der Waals surface area contributed by atoms with Crippen LogP contribution in [0.2, 0.25) is 0 Å². The molecular formula is C18H21NO3. The Labute approximate surface area is 131 Å². The lowest BCUT2D eigenvalue weighted by Gasteiger charge is -2.12. The van der Waals surface area contributed by atoms with Gasteiger partial charge in [-0.05, 0) is 35.7 Å². The number of methoxy groups -OCH3 is 2. The van der Waals surface area contributed by atoms with Crippen molar-refractivity contribution in [3.63, 3.8) is 0 Å². The first kappa shape index (κ1) is 15.9. The number of hydrogen-bond acceptors (Lipinski definition) is 3. The minimum atomic E-state index is -0.179. The predicted molar refractivity (Wildman–Crippen MR) is 88.0 cm³/mol. The molecule has 116 valence electrons. The van der Waals surface area contributed by atoms with Gasteiger partial charge in [0.15, 0.2) is 0 Å². The summed E-state index contributed by atoms with van der Waals surface area (Å²) in [7, 11) is 3.15. The van der Waals surface area contributed by atoms with Gasteiger partial charge in [-0.3, -0.25) is 4.79 Å². The predicted octanol–water partition coefficient (Wildman–Crippen LogP) is 4.08. The highest BCUT2D eigenvalue weighted by atomic mass is 16.5. The van der Waals surface area contributed by atoms with Crippen molar-refractivity contribution in [1.82, 2.24) is 0 Å². The summed E-state index contributed by atoms with van der Waals surface area (Å²) in [6.45, 7) is 4.24. The fraction of sp³-hybridized carbons (Fsp3) is 0.278. The number of nitrogens with one attached hydrogen (secondary N) is 1. The average molecular weight is 299 g/mol. The zero-order valence-corrected chi connectivity index (χ0v) is 13.3. The maximum atomic E-state index is 12.4. The topological polar surface area (TPSA) is 47.6 Å². The second kappa shape index (κ2) is 6.98. The SMILES string of the molecule is COc1ccc(OC)c(NC(=O)c2ccc(C(C)C)cc2)c1. The number of amides is 1. The molecule has 0 saturated heterocycles. The molecule has 0 atom stereocenters. The zero-order chi connectivity index (χ0) is 16.1. The van der Waals surface area contributed by atoms with Gasteiger partial charge in [0.2, 0.25) is 0 Å². The number of benzene rings is 2. The Morgan fingerprint density at radius 3 is 2.23 bits per heavy atom.